The van der Waals surface area contributed by atoms with Gasteiger partial charge < -0.3 is 10.1 Å². The van der Waals surface area contributed by atoms with Crippen LogP contribution in [0.15, 0.2) is 54.0 Å². The highest BCUT2D eigenvalue weighted by atomic mass is 35.5. The number of para-hydroxylation sites is 2. The normalized spacial score (nSPS) is 12.9. The second kappa shape index (κ2) is 9.41. The fourth-order valence-electron chi connectivity index (χ4n) is 2.78. The summed E-state index contributed by atoms with van der Waals surface area (Å²) in [6, 6.07) is 13.7. The van der Waals surface area contributed by atoms with Gasteiger partial charge >= 0.3 is 6.11 Å². The number of rotatable bonds is 7. The lowest BCUT2D eigenvalue weighted by atomic mass is 10.0. The molecule has 160 valence electrons. The molecule has 0 spiro atoms. The number of benzene rings is 2. The van der Waals surface area contributed by atoms with Crippen LogP contribution in [0, 0.1) is 25.2 Å². The van der Waals surface area contributed by atoms with E-state index in [2.05, 4.69) is 15.0 Å². The van der Waals surface area contributed by atoms with Crippen molar-refractivity contribution < 1.29 is 17.9 Å². The standard InChI is InChI=1S/C22H17ClF3N3OS/c1-13-7-8-16(14(2)9-13)18-12-31-20(29-18)15(10-27)11-28-17-5-3-4-6-19(17)30-22(25,26)21(23)24/h3-9,11-12,21,28H,1-2H3/b15-11+/t21-/m0/s1. The van der Waals surface area contributed by atoms with Crippen LogP contribution >= 0.6 is 22.9 Å². The van der Waals surface area contributed by atoms with Gasteiger partial charge in [-0.3, -0.25) is 0 Å². The minimum absolute atomic E-state index is 0.110. The van der Waals surface area contributed by atoms with E-state index in [9.17, 15) is 18.4 Å². The van der Waals surface area contributed by atoms with Gasteiger partial charge in [0.05, 0.1) is 11.4 Å². The van der Waals surface area contributed by atoms with Crippen LogP contribution in [-0.2, 0) is 0 Å². The van der Waals surface area contributed by atoms with E-state index in [0.717, 1.165) is 22.4 Å². The van der Waals surface area contributed by atoms with Crippen LogP contribution < -0.4 is 10.1 Å². The Hall–Kier alpha value is -3.02. The van der Waals surface area contributed by atoms with Crippen LogP contribution in [0.25, 0.3) is 16.8 Å². The number of nitriles is 1. The molecule has 3 aromatic rings. The van der Waals surface area contributed by atoms with E-state index in [-0.39, 0.29) is 17.0 Å². The van der Waals surface area contributed by atoms with E-state index in [4.69, 9.17) is 11.6 Å². The molecule has 0 saturated carbocycles. The van der Waals surface area contributed by atoms with E-state index in [1.165, 1.54) is 35.7 Å². The molecular formula is C22H17ClF3N3OS. The average Bonchev–Trinajstić information content (AvgIpc) is 3.19. The summed E-state index contributed by atoms with van der Waals surface area (Å²) in [4.78, 5) is 4.53. The van der Waals surface area contributed by atoms with Gasteiger partial charge in [-0.1, -0.05) is 47.5 Å². The van der Waals surface area contributed by atoms with Crippen LogP contribution in [0.3, 0.4) is 0 Å². The largest absolute Gasteiger partial charge is 0.444 e. The van der Waals surface area contributed by atoms with Gasteiger partial charge in [0.15, 0.2) is 0 Å². The molecule has 1 aromatic heterocycles. The Bertz CT molecular complexity index is 1150. The summed E-state index contributed by atoms with van der Waals surface area (Å²) in [7, 11) is 0. The number of nitrogens with one attached hydrogen (secondary N) is 1. The highest BCUT2D eigenvalue weighted by Gasteiger charge is 2.42. The summed E-state index contributed by atoms with van der Waals surface area (Å²) in [5, 5.41) is 14.6. The number of alkyl halides is 4. The molecule has 0 aliphatic rings. The number of hydrogen-bond acceptors (Lipinski definition) is 5. The minimum atomic E-state index is -4.21. The van der Waals surface area contributed by atoms with Gasteiger partial charge in [0.25, 0.3) is 5.63 Å². The number of hydrogen-bond donors (Lipinski definition) is 1. The second-order valence-electron chi connectivity index (χ2n) is 6.63. The van der Waals surface area contributed by atoms with Crippen molar-refractivity contribution in [2.45, 2.75) is 25.6 Å². The Morgan fingerprint density at radius 3 is 2.71 bits per heavy atom. The Morgan fingerprint density at radius 1 is 1.29 bits per heavy atom. The molecule has 1 heterocycles. The maximum absolute atomic E-state index is 13.5. The van der Waals surface area contributed by atoms with Gasteiger partial charge in [-0.25, -0.2) is 9.37 Å². The number of nitrogens with zero attached hydrogens (tertiary/aromatic N) is 2. The van der Waals surface area contributed by atoms with Crippen LogP contribution in [0.4, 0.5) is 18.9 Å². The van der Waals surface area contributed by atoms with Crippen molar-refractivity contribution in [3.8, 4) is 23.1 Å². The Kier molecular flexibility index (Phi) is 6.88. The summed E-state index contributed by atoms with van der Waals surface area (Å²) >= 11 is 6.13. The third-order valence-corrected chi connectivity index (χ3v) is 5.40. The maximum Gasteiger partial charge on any atom is 0.444 e. The number of aromatic nitrogens is 1. The van der Waals surface area contributed by atoms with Gasteiger partial charge in [0.1, 0.15) is 22.4 Å². The topological polar surface area (TPSA) is 57.9 Å². The Labute approximate surface area is 186 Å². The lowest BCUT2D eigenvalue weighted by Gasteiger charge is -2.19. The minimum Gasteiger partial charge on any atom is -0.427 e. The number of ether oxygens (including phenoxy) is 1. The van der Waals surface area contributed by atoms with Crippen molar-refractivity contribution in [2.24, 2.45) is 0 Å². The molecule has 0 saturated heterocycles. The van der Waals surface area contributed by atoms with Crippen LogP contribution in [-0.4, -0.2) is 16.7 Å². The molecule has 1 atom stereocenters. The van der Waals surface area contributed by atoms with Gasteiger partial charge in [0.2, 0.25) is 0 Å². The molecule has 0 fully saturated rings. The quantitative estimate of drug-likeness (QED) is 0.305. The smallest absolute Gasteiger partial charge is 0.427 e. The maximum atomic E-state index is 13.5. The number of thiazole rings is 1. The molecule has 9 heteroatoms. The Morgan fingerprint density at radius 2 is 2.03 bits per heavy atom. The zero-order valence-corrected chi connectivity index (χ0v) is 18.1. The summed E-state index contributed by atoms with van der Waals surface area (Å²) in [5.74, 6) is -0.320. The van der Waals surface area contributed by atoms with Crippen molar-refractivity contribution in [3.05, 3.63) is 70.2 Å². The van der Waals surface area contributed by atoms with Crippen LogP contribution in [0.2, 0.25) is 0 Å². The average molecular weight is 464 g/mol. The Balaban J connectivity index is 1.85. The third kappa shape index (κ3) is 5.37. The first-order chi connectivity index (χ1) is 14.7. The summed E-state index contributed by atoms with van der Waals surface area (Å²) in [5.41, 5.74) is 1.19. The molecule has 0 aliphatic carbocycles. The number of allylic oxidation sites excluding steroid dienone is 1. The molecule has 0 unspecified atom stereocenters. The summed E-state index contributed by atoms with van der Waals surface area (Å²) in [6.07, 6.45) is -2.88. The van der Waals surface area contributed by atoms with Crippen molar-refractivity contribution in [1.29, 1.82) is 5.26 Å². The highest BCUT2D eigenvalue weighted by Crippen LogP contribution is 2.34. The SMILES string of the molecule is Cc1ccc(-c2csc(/C(C#N)=C/Nc3ccccc3OC(F)(F)[C@H](F)Cl)n2)c(C)c1. The summed E-state index contributed by atoms with van der Waals surface area (Å²) < 4.78 is 44.4. The van der Waals surface area contributed by atoms with Crippen molar-refractivity contribution in [3.63, 3.8) is 0 Å². The third-order valence-electron chi connectivity index (χ3n) is 4.27. The van der Waals surface area contributed by atoms with Gasteiger partial charge in [-0.15, -0.1) is 11.3 Å². The molecule has 31 heavy (non-hydrogen) atoms. The second-order valence-corrected chi connectivity index (χ2v) is 7.87. The predicted octanol–water partition coefficient (Wildman–Crippen LogP) is 6.91. The highest BCUT2D eigenvalue weighted by molar-refractivity contribution is 7.11. The lowest BCUT2D eigenvalue weighted by Crippen LogP contribution is -2.33. The van der Waals surface area contributed by atoms with Crippen molar-refractivity contribution >= 4 is 34.2 Å². The molecular weight excluding hydrogens is 447 g/mol. The number of halogens is 4. The zero-order chi connectivity index (χ0) is 22.6. The van der Waals surface area contributed by atoms with Crippen LogP contribution in [0.5, 0.6) is 5.75 Å². The monoisotopic (exact) mass is 463 g/mol. The van der Waals surface area contributed by atoms with E-state index < -0.39 is 11.7 Å². The first-order valence-electron chi connectivity index (χ1n) is 9.05. The fraction of sp³-hybridized carbons (Fsp3) is 0.182. The molecule has 0 amide bonds. The first-order valence-corrected chi connectivity index (χ1v) is 10.4. The summed E-state index contributed by atoms with van der Waals surface area (Å²) in [6.45, 7) is 3.99. The molecule has 4 nitrogen and oxygen atoms in total. The predicted molar refractivity (Wildman–Crippen MR) is 117 cm³/mol. The van der Waals surface area contributed by atoms with Crippen molar-refractivity contribution in [2.75, 3.05) is 5.32 Å². The molecule has 3 rings (SSSR count). The van der Waals surface area contributed by atoms with Crippen molar-refractivity contribution in [1.82, 2.24) is 4.98 Å². The first kappa shape index (κ1) is 22.7. The van der Waals surface area contributed by atoms with Gasteiger partial charge in [0, 0.05) is 17.1 Å². The van der Waals surface area contributed by atoms with E-state index in [1.54, 1.807) is 6.07 Å². The molecule has 0 radical (unpaired) electrons. The van der Waals surface area contributed by atoms with Crippen LogP contribution in [0.1, 0.15) is 16.1 Å². The van der Waals surface area contributed by atoms with Gasteiger partial charge in [-0.2, -0.15) is 14.0 Å². The molecule has 2 aromatic carbocycles. The lowest BCUT2D eigenvalue weighted by molar-refractivity contribution is -0.198. The molecule has 0 aliphatic heterocycles. The molecule has 0 bridgehead atoms. The number of anilines is 1. The van der Waals surface area contributed by atoms with E-state index in [1.807, 2.05) is 43.5 Å². The molecule has 1 N–H and O–H groups in total. The zero-order valence-electron chi connectivity index (χ0n) is 16.5. The number of aryl methyl sites for hydroxylation is 2. The van der Waals surface area contributed by atoms with E-state index in [0.29, 0.717) is 5.01 Å². The fourth-order valence-corrected chi connectivity index (χ4v) is 3.61. The van der Waals surface area contributed by atoms with E-state index >= 15 is 0 Å². The van der Waals surface area contributed by atoms with Gasteiger partial charge in [-0.05, 0) is 31.5 Å².